The fourth-order valence-corrected chi connectivity index (χ4v) is 5.74. The van der Waals surface area contributed by atoms with Gasteiger partial charge in [-0.15, -0.1) is 0 Å². The van der Waals surface area contributed by atoms with Gasteiger partial charge in [0.2, 0.25) is 5.91 Å². The summed E-state index contributed by atoms with van der Waals surface area (Å²) in [4.78, 5) is 22.6. The van der Waals surface area contributed by atoms with Gasteiger partial charge in [-0.05, 0) is 77.0 Å². The Kier molecular flexibility index (Phi) is 35.7. The molecule has 0 saturated carbocycles. The molecule has 0 aliphatic carbocycles. The first-order valence-electron chi connectivity index (χ1n) is 19.7. The van der Waals surface area contributed by atoms with Crippen molar-refractivity contribution < 1.29 is 28.4 Å². The van der Waals surface area contributed by atoms with Crippen molar-refractivity contribution in [3.8, 4) is 0 Å². The molecular weight excluding hydrogens is 659 g/mol. The number of allylic oxidation sites excluding steroid dienone is 13. The lowest BCUT2D eigenvalue weighted by atomic mass is 10.1. The molecule has 0 aromatic carbocycles. The summed E-state index contributed by atoms with van der Waals surface area (Å²) in [5.41, 5.74) is 5.35. The summed E-state index contributed by atoms with van der Waals surface area (Å²) in [6.07, 6.45) is 49.2. The van der Waals surface area contributed by atoms with Gasteiger partial charge < -0.3 is 21.1 Å². The van der Waals surface area contributed by atoms with Crippen molar-refractivity contribution in [3.63, 3.8) is 0 Å². The molecule has 0 spiro atoms. The first-order chi connectivity index (χ1) is 24.9. The molecule has 0 aliphatic heterocycles. The average Bonchev–Trinajstić information content (AvgIpc) is 3.12. The number of phosphoric acid groups is 1. The second kappa shape index (κ2) is 37.4. The van der Waals surface area contributed by atoms with Gasteiger partial charge in [-0.25, -0.2) is 4.57 Å². The van der Waals surface area contributed by atoms with Crippen LogP contribution in [0.15, 0.2) is 85.1 Å². The number of aliphatic hydroxyl groups is 1. The van der Waals surface area contributed by atoms with Crippen LogP contribution in [0.1, 0.15) is 142 Å². The van der Waals surface area contributed by atoms with E-state index >= 15 is 0 Å². The van der Waals surface area contributed by atoms with Crippen LogP contribution in [0.2, 0.25) is 0 Å². The third kappa shape index (κ3) is 35.9. The van der Waals surface area contributed by atoms with Crippen molar-refractivity contribution in [2.24, 2.45) is 5.73 Å². The summed E-state index contributed by atoms with van der Waals surface area (Å²) in [6.45, 7) is 3.88. The summed E-state index contributed by atoms with van der Waals surface area (Å²) in [5, 5.41) is 13.6. The molecule has 0 bridgehead atoms. The van der Waals surface area contributed by atoms with Crippen LogP contribution >= 0.6 is 7.82 Å². The van der Waals surface area contributed by atoms with Gasteiger partial charge >= 0.3 is 7.82 Å². The minimum absolute atomic E-state index is 0.0656. The molecule has 0 radical (unpaired) electrons. The molecule has 292 valence electrons. The van der Waals surface area contributed by atoms with Crippen molar-refractivity contribution in [2.45, 2.75) is 154 Å². The molecule has 3 atom stereocenters. The van der Waals surface area contributed by atoms with Crippen molar-refractivity contribution in [1.29, 1.82) is 0 Å². The number of hydrogen-bond donors (Lipinski definition) is 4. The van der Waals surface area contributed by atoms with E-state index in [-0.39, 0.29) is 25.7 Å². The highest BCUT2D eigenvalue weighted by Crippen LogP contribution is 2.43. The fraction of sp³-hybridized carbons (Fsp3) is 0.643. The van der Waals surface area contributed by atoms with Crippen LogP contribution in [-0.2, 0) is 18.4 Å². The van der Waals surface area contributed by atoms with Crippen molar-refractivity contribution in [2.75, 3.05) is 19.8 Å². The van der Waals surface area contributed by atoms with E-state index in [4.69, 9.17) is 14.8 Å². The van der Waals surface area contributed by atoms with Crippen LogP contribution in [-0.4, -0.2) is 47.8 Å². The van der Waals surface area contributed by atoms with Gasteiger partial charge in [0.15, 0.2) is 0 Å². The number of phosphoric ester groups is 1. The highest BCUT2D eigenvalue weighted by atomic mass is 31.2. The molecular formula is C42H73N2O6P. The number of nitrogens with one attached hydrogen (secondary N) is 1. The van der Waals surface area contributed by atoms with E-state index in [1.807, 2.05) is 6.08 Å². The van der Waals surface area contributed by atoms with Gasteiger partial charge in [0, 0.05) is 13.0 Å². The largest absolute Gasteiger partial charge is 0.472 e. The summed E-state index contributed by atoms with van der Waals surface area (Å²) in [5.74, 6) is -0.224. The zero-order valence-corrected chi connectivity index (χ0v) is 32.9. The topological polar surface area (TPSA) is 131 Å². The number of aliphatic hydroxyl groups excluding tert-OH is 1. The highest BCUT2D eigenvalue weighted by molar-refractivity contribution is 7.47. The fourth-order valence-electron chi connectivity index (χ4n) is 4.98. The number of carbonyl (C=O) groups is 1. The van der Waals surface area contributed by atoms with E-state index in [0.29, 0.717) is 6.42 Å². The van der Waals surface area contributed by atoms with Crippen LogP contribution in [0.3, 0.4) is 0 Å². The number of nitrogens with two attached hydrogens (primary N) is 1. The smallest absolute Gasteiger partial charge is 0.387 e. The van der Waals surface area contributed by atoms with Crippen LogP contribution in [0.4, 0.5) is 0 Å². The number of amides is 1. The summed E-state index contributed by atoms with van der Waals surface area (Å²) in [6, 6.07) is -0.891. The Bertz CT molecular complexity index is 1070. The second-order valence-corrected chi connectivity index (χ2v) is 14.2. The van der Waals surface area contributed by atoms with E-state index < -0.39 is 20.0 Å². The Labute approximate surface area is 311 Å². The molecule has 5 N–H and O–H groups in total. The maximum atomic E-state index is 12.7. The molecule has 9 heteroatoms. The average molecular weight is 733 g/mol. The van der Waals surface area contributed by atoms with E-state index in [1.54, 1.807) is 6.08 Å². The minimum Gasteiger partial charge on any atom is -0.387 e. The van der Waals surface area contributed by atoms with Gasteiger partial charge in [0.05, 0.1) is 25.4 Å². The maximum Gasteiger partial charge on any atom is 0.472 e. The van der Waals surface area contributed by atoms with Gasteiger partial charge in [-0.1, -0.05) is 144 Å². The van der Waals surface area contributed by atoms with Crippen LogP contribution in [0.25, 0.3) is 0 Å². The van der Waals surface area contributed by atoms with Crippen molar-refractivity contribution in [3.05, 3.63) is 85.1 Å². The Morgan fingerprint density at radius 3 is 1.73 bits per heavy atom. The quantitative estimate of drug-likeness (QED) is 0.0290. The van der Waals surface area contributed by atoms with Crippen LogP contribution < -0.4 is 11.1 Å². The number of hydrogen-bond acceptors (Lipinski definition) is 6. The van der Waals surface area contributed by atoms with E-state index in [2.05, 4.69) is 92.1 Å². The predicted octanol–water partition coefficient (Wildman–Crippen LogP) is 10.7. The zero-order valence-electron chi connectivity index (χ0n) is 32.1. The molecule has 0 saturated heterocycles. The normalized spacial score (nSPS) is 15.2. The first kappa shape index (κ1) is 48.7. The van der Waals surface area contributed by atoms with Crippen molar-refractivity contribution >= 4 is 13.7 Å². The molecule has 0 aliphatic rings. The molecule has 3 unspecified atom stereocenters. The van der Waals surface area contributed by atoms with Crippen molar-refractivity contribution in [1.82, 2.24) is 5.32 Å². The van der Waals surface area contributed by atoms with Gasteiger partial charge in [-0.2, -0.15) is 0 Å². The predicted molar refractivity (Wildman–Crippen MR) is 216 cm³/mol. The monoisotopic (exact) mass is 733 g/mol. The lowest BCUT2D eigenvalue weighted by Gasteiger charge is -2.23. The standard InChI is InChI=1S/C42H73N2O6P/c1-3-5-7-9-11-13-15-16-17-18-19-20-21-22-23-24-26-28-30-32-34-36-42(46)44-40(39-50-51(47,48)49-38-37-43)41(45)35-33-31-29-27-25-14-12-10-8-6-4-2/h5,7-8,10-11,13,16-17,19-20,25,27,33,35,40-41,45H,3-4,6,9,12,14-15,18,21-24,26,28-32,34,36-39,43H2,1-2H3,(H,44,46)(H,47,48)/b7-5-,10-8+,13-11-,17-16-,20-19-,27-25+,35-33+. The molecule has 0 aromatic heterocycles. The van der Waals surface area contributed by atoms with Crippen LogP contribution in [0.5, 0.6) is 0 Å². The second-order valence-electron chi connectivity index (χ2n) is 12.7. The van der Waals surface area contributed by atoms with E-state index in [1.165, 1.54) is 25.7 Å². The highest BCUT2D eigenvalue weighted by Gasteiger charge is 2.26. The molecule has 0 heterocycles. The SMILES string of the molecule is CC/C=C\C/C=C\C/C=C\C/C=C\CCCCCCCCCCC(=O)NC(COP(=O)(O)OCCN)C(O)/C=C/CC/C=C/CC/C=C/CCC. The Morgan fingerprint density at radius 1 is 0.667 bits per heavy atom. The Balaban J connectivity index is 4.27. The zero-order chi connectivity index (χ0) is 37.5. The number of rotatable bonds is 35. The van der Waals surface area contributed by atoms with Gasteiger partial charge in [-0.3, -0.25) is 13.8 Å². The number of carbonyl (C=O) groups excluding carboxylic acids is 1. The summed E-state index contributed by atoms with van der Waals surface area (Å²) >= 11 is 0. The summed E-state index contributed by atoms with van der Waals surface area (Å²) in [7, 11) is -4.35. The van der Waals surface area contributed by atoms with E-state index in [0.717, 1.165) is 96.3 Å². The van der Waals surface area contributed by atoms with Crippen LogP contribution in [0, 0.1) is 0 Å². The third-order valence-electron chi connectivity index (χ3n) is 7.91. The lowest BCUT2D eigenvalue weighted by Crippen LogP contribution is -2.45. The van der Waals surface area contributed by atoms with Gasteiger partial charge in [0.1, 0.15) is 0 Å². The maximum absolute atomic E-state index is 12.7. The molecule has 8 nitrogen and oxygen atoms in total. The molecule has 0 fully saturated rings. The molecule has 51 heavy (non-hydrogen) atoms. The minimum atomic E-state index is -4.35. The molecule has 1 amide bonds. The number of unbranched alkanes of at least 4 members (excludes halogenated alkanes) is 11. The van der Waals surface area contributed by atoms with E-state index in [9.17, 15) is 19.4 Å². The molecule has 0 rings (SSSR count). The third-order valence-corrected chi connectivity index (χ3v) is 8.90. The van der Waals surface area contributed by atoms with Gasteiger partial charge in [0.25, 0.3) is 0 Å². The lowest BCUT2D eigenvalue weighted by molar-refractivity contribution is -0.123. The Hall–Kier alpha value is -2.32. The molecule has 0 aromatic rings. The Morgan fingerprint density at radius 2 is 1.16 bits per heavy atom. The first-order valence-corrected chi connectivity index (χ1v) is 21.2. The summed E-state index contributed by atoms with van der Waals surface area (Å²) < 4.78 is 22.0.